The molecule has 3 rings (SSSR count). The van der Waals surface area contributed by atoms with Gasteiger partial charge in [-0.15, -0.1) is 0 Å². The molecule has 6 heteroatoms. The molecule has 134 valence electrons. The van der Waals surface area contributed by atoms with Crippen molar-refractivity contribution >= 4 is 11.7 Å². The lowest BCUT2D eigenvalue weighted by molar-refractivity contribution is 0.139. The Bertz CT molecular complexity index is 678. The van der Waals surface area contributed by atoms with Crippen LogP contribution in [0.25, 0.3) is 0 Å². The number of aromatic nitrogens is 2. The first-order valence-corrected chi connectivity index (χ1v) is 8.86. The minimum atomic E-state index is -0.105. The molecule has 1 aliphatic rings. The van der Waals surface area contributed by atoms with Gasteiger partial charge in [-0.2, -0.15) is 5.10 Å². The first-order chi connectivity index (χ1) is 12.2. The Morgan fingerprint density at radius 1 is 1.28 bits per heavy atom. The normalized spacial score (nSPS) is 20.2. The molecule has 1 aliphatic carbocycles. The second-order valence-electron chi connectivity index (χ2n) is 6.81. The van der Waals surface area contributed by atoms with Crippen LogP contribution in [-0.2, 0) is 6.54 Å². The first-order valence-electron chi connectivity index (χ1n) is 8.86. The molecule has 0 unspecified atom stereocenters. The summed E-state index contributed by atoms with van der Waals surface area (Å²) in [6, 6.07) is 10.2. The number of aliphatic hydroxyl groups excluding tert-OH is 1. The summed E-state index contributed by atoms with van der Waals surface area (Å²) in [4.78, 5) is 14.2. The molecular formula is C19H26N4O2. The number of nitrogens with one attached hydrogen (secondary N) is 1. The molecule has 2 amide bonds. The van der Waals surface area contributed by atoms with E-state index in [0.29, 0.717) is 18.2 Å². The Labute approximate surface area is 148 Å². The van der Waals surface area contributed by atoms with E-state index >= 15 is 0 Å². The Morgan fingerprint density at radius 2 is 2.00 bits per heavy atom. The van der Waals surface area contributed by atoms with Gasteiger partial charge in [-0.05, 0) is 37.2 Å². The fraction of sp³-hybridized carbons (Fsp3) is 0.474. The number of rotatable bonds is 5. The maximum Gasteiger partial charge on any atom is 0.321 e. The van der Waals surface area contributed by atoms with E-state index in [0.717, 1.165) is 25.7 Å². The standard InChI is InChI=1S/C19H26N4O2/c1-22(18-9-7-16(14-24)8-10-18)19(25)21-17-11-20-23(13-17)12-15-5-3-2-4-6-15/h2-6,11,13,16,18,24H,7-10,12,14H2,1H3,(H,21,25). The summed E-state index contributed by atoms with van der Waals surface area (Å²) in [5, 5.41) is 16.5. The summed E-state index contributed by atoms with van der Waals surface area (Å²) in [5.41, 5.74) is 1.87. The van der Waals surface area contributed by atoms with Crippen LogP contribution in [-0.4, -0.2) is 45.5 Å². The maximum absolute atomic E-state index is 12.5. The molecular weight excluding hydrogens is 316 g/mol. The minimum Gasteiger partial charge on any atom is -0.396 e. The van der Waals surface area contributed by atoms with Crippen molar-refractivity contribution < 1.29 is 9.90 Å². The largest absolute Gasteiger partial charge is 0.396 e. The molecule has 0 spiro atoms. The summed E-state index contributed by atoms with van der Waals surface area (Å²) < 4.78 is 1.82. The van der Waals surface area contributed by atoms with Gasteiger partial charge in [-0.1, -0.05) is 30.3 Å². The SMILES string of the molecule is CN(C(=O)Nc1cnn(Cc2ccccc2)c1)C1CCC(CO)CC1. The Hall–Kier alpha value is -2.34. The van der Waals surface area contributed by atoms with Crippen LogP contribution in [0.15, 0.2) is 42.7 Å². The van der Waals surface area contributed by atoms with Gasteiger partial charge < -0.3 is 15.3 Å². The number of benzene rings is 1. The van der Waals surface area contributed by atoms with Crippen molar-refractivity contribution in [3.8, 4) is 0 Å². The van der Waals surface area contributed by atoms with Crippen molar-refractivity contribution in [2.24, 2.45) is 5.92 Å². The van der Waals surface area contributed by atoms with Crippen molar-refractivity contribution in [1.82, 2.24) is 14.7 Å². The third-order valence-corrected chi connectivity index (χ3v) is 5.01. The number of nitrogens with zero attached hydrogens (tertiary/aromatic N) is 3. The molecule has 1 aromatic heterocycles. The molecule has 1 aromatic carbocycles. The van der Waals surface area contributed by atoms with E-state index < -0.39 is 0 Å². The van der Waals surface area contributed by atoms with E-state index in [9.17, 15) is 9.90 Å². The number of urea groups is 1. The molecule has 1 saturated carbocycles. The van der Waals surface area contributed by atoms with Crippen molar-refractivity contribution in [2.75, 3.05) is 19.0 Å². The molecule has 2 aromatic rings. The van der Waals surface area contributed by atoms with Crippen LogP contribution in [0.2, 0.25) is 0 Å². The van der Waals surface area contributed by atoms with Gasteiger partial charge in [0.05, 0.1) is 18.4 Å². The molecule has 0 atom stereocenters. The zero-order valence-electron chi connectivity index (χ0n) is 14.6. The van der Waals surface area contributed by atoms with E-state index in [2.05, 4.69) is 22.5 Å². The fourth-order valence-electron chi connectivity index (χ4n) is 3.38. The van der Waals surface area contributed by atoms with E-state index in [4.69, 9.17) is 0 Å². The summed E-state index contributed by atoms with van der Waals surface area (Å²) >= 11 is 0. The highest BCUT2D eigenvalue weighted by atomic mass is 16.3. The lowest BCUT2D eigenvalue weighted by atomic mass is 9.86. The van der Waals surface area contributed by atoms with Gasteiger partial charge in [0.25, 0.3) is 0 Å². The molecule has 0 bridgehead atoms. The zero-order chi connectivity index (χ0) is 17.6. The highest BCUT2D eigenvalue weighted by molar-refractivity contribution is 5.89. The van der Waals surface area contributed by atoms with Gasteiger partial charge in [0.2, 0.25) is 0 Å². The van der Waals surface area contributed by atoms with Crippen LogP contribution in [0, 0.1) is 5.92 Å². The third kappa shape index (κ3) is 4.60. The smallest absolute Gasteiger partial charge is 0.321 e. The predicted molar refractivity (Wildman–Crippen MR) is 97.4 cm³/mol. The van der Waals surface area contributed by atoms with Crippen LogP contribution in [0.5, 0.6) is 0 Å². The van der Waals surface area contributed by atoms with Gasteiger partial charge in [0, 0.05) is 25.9 Å². The average molecular weight is 342 g/mol. The van der Waals surface area contributed by atoms with Crippen molar-refractivity contribution in [3.63, 3.8) is 0 Å². The highest BCUT2D eigenvalue weighted by Gasteiger charge is 2.26. The second-order valence-corrected chi connectivity index (χ2v) is 6.81. The second kappa shape index (κ2) is 8.16. The molecule has 0 aliphatic heterocycles. The maximum atomic E-state index is 12.5. The Morgan fingerprint density at radius 3 is 2.68 bits per heavy atom. The quantitative estimate of drug-likeness (QED) is 0.878. The van der Waals surface area contributed by atoms with Crippen LogP contribution in [0.3, 0.4) is 0 Å². The number of hydrogen-bond acceptors (Lipinski definition) is 3. The third-order valence-electron chi connectivity index (χ3n) is 5.01. The first kappa shape index (κ1) is 17.5. The number of carbonyl (C=O) groups is 1. The lowest BCUT2D eigenvalue weighted by Gasteiger charge is -2.34. The van der Waals surface area contributed by atoms with E-state index in [1.807, 2.05) is 36.1 Å². The topological polar surface area (TPSA) is 70.4 Å². The van der Waals surface area contributed by atoms with Crippen LogP contribution < -0.4 is 5.32 Å². The van der Waals surface area contributed by atoms with Gasteiger partial charge in [0.15, 0.2) is 0 Å². The average Bonchev–Trinajstić information content (AvgIpc) is 3.08. The lowest BCUT2D eigenvalue weighted by Crippen LogP contribution is -2.42. The fourth-order valence-corrected chi connectivity index (χ4v) is 3.38. The summed E-state index contributed by atoms with van der Waals surface area (Å²) in [7, 11) is 1.84. The molecule has 1 fully saturated rings. The van der Waals surface area contributed by atoms with Crippen LogP contribution in [0.4, 0.5) is 10.5 Å². The molecule has 1 heterocycles. The van der Waals surface area contributed by atoms with E-state index in [1.165, 1.54) is 5.56 Å². The van der Waals surface area contributed by atoms with Crippen LogP contribution >= 0.6 is 0 Å². The number of amides is 2. The zero-order valence-corrected chi connectivity index (χ0v) is 14.6. The number of anilines is 1. The summed E-state index contributed by atoms with van der Waals surface area (Å²) in [6.45, 7) is 0.932. The van der Waals surface area contributed by atoms with Crippen molar-refractivity contribution in [1.29, 1.82) is 0 Å². The minimum absolute atomic E-state index is 0.105. The highest BCUT2D eigenvalue weighted by Crippen LogP contribution is 2.27. The number of aliphatic hydroxyl groups is 1. The summed E-state index contributed by atoms with van der Waals surface area (Å²) in [6.07, 6.45) is 7.38. The predicted octanol–water partition coefficient (Wildman–Crippen LogP) is 2.95. The molecule has 6 nitrogen and oxygen atoms in total. The number of carbonyl (C=O) groups excluding carboxylic acids is 1. The Balaban J connectivity index is 1.53. The van der Waals surface area contributed by atoms with E-state index in [1.54, 1.807) is 11.1 Å². The monoisotopic (exact) mass is 342 g/mol. The van der Waals surface area contributed by atoms with Crippen molar-refractivity contribution in [3.05, 3.63) is 48.3 Å². The van der Waals surface area contributed by atoms with Gasteiger partial charge >= 0.3 is 6.03 Å². The molecule has 25 heavy (non-hydrogen) atoms. The van der Waals surface area contributed by atoms with Gasteiger partial charge in [-0.3, -0.25) is 4.68 Å². The molecule has 2 N–H and O–H groups in total. The van der Waals surface area contributed by atoms with Crippen molar-refractivity contribution in [2.45, 2.75) is 38.3 Å². The van der Waals surface area contributed by atoms with Crippen LogP contribution in [0.1, 0.15) is 31.2 Å². The van der Waals surface area contributed by atoms with E-state index in [-0.39, 0.29) is 18.7 Å². The Kier molecular flexibility index (Phi) is 5.71. The molecule has 0 radical (unpaired) electrons. The van der Waals surface area contributed by atoms with Gasteiger partial charge in [0.1, 0.15) is 0 Å². The molecule has 0 saturated heterocycles. The van der Waals surface area contributed by atoms with Gasteiger partial charge in [-0.25, -0.2) is 4.79 Å². The summed E-state index contributed by atoms with van der Waals surface area (Å²) in [5.74, 6) is 0.393. The number of hydrogen-bond donors (Lipinski definition) is 2.